The van der Waals surface area contributed by atoms with E-state index in [2.05, 4.69) is 10.3 Å². The molecule has 1 amide bonds. The van der Waals surface area contributed by atoms with Crippen molar-refractivity contribution in [3.05, 3.63) is 46.4 Å². The zero-order valence-electron chi connectivity index (χ0n) is 14.9. The Labute approximate surface area is 162 Å². The van der Waals surface area contributed by atoms with Gasteiger partial charge in [-0.25, -0.2) is 13.4 Å². The van der Waals surface area contributed by atoms with Gasteiger partial charge < -0.3 is 10.1 Å². The first-order valence-electron chi connectivity index (χ1n) is 8.80. The van der Waals surface area contributed by atoms with Crippen molar-refractivity contribution in [3.63, 3.8) is 0 Å². The topological polar surface area (TPSA) is 88.6 Å². The third-order valence-electron chi connectivity index (χ3n) is 5.25. The summed E-state index contributed by atoms with van der Waals surface area (Å²) in [6.45, 7) is 3.69. The molecule has 1 N–H and O–H groups in total. The van der Waals surface area contributed by atoms with Gasteiger partial charge >= 0.3 is 0 Å². The highest BCUT2D eigenvalue weighted by Gasteiger charge is 2.47. The van der Waals surface area contributed by atoms with Gasteiger partial charge in [0, 0.05) is 36.9 Å². The summed E-state index contributed by atoms with van der Waals surface area (Å²) in [7, 11) is -3.53. The number of rotatable bonds is 5. The SMILES string of the molecule is Cc1ccc(S(=O)(=O)N2C[C@@H]3[C@@H](CNC(=O)c4cscn4)CO[C@@H]3C2)cc1. The van der Waals surface area contributed by atoms with E-state index >= 15 is 0 Å². The second-order valence-corrected chi connectivity index (χ2v) is 9.67. The standard InChI is InChI=1S/C18H21N3O4S2/c1-12-2-4-14(5-3-12)27(23,24)21-7-15-13(9-25-17(15)8-21)6-19-18(22)16-10-26-11-20-16/h2-5,10-11,13,15,17H,6-9H2,1H3,(H,19,22)/t13-,15+,17+/m0/s1. The Morgan fingerprint density at radius 2 is 2.11 bits per heavy atom. The van der Waals surface area contributed by atoms with Crippen molar-refractivity contribution >= 4 is 27.3 Å². The van der Waals surface area contributed by atoms with Gasteiger partial charge in [0.05, 0.1) is 23.1 Å². The van der Waals surface area contributed by atoms with Crippen molar-refractivity contribution in [2.45, 2.75) is 17.9 Å². The molecular formula is C18H21N3O4S2. The second kappa shape index (κ2) is 7.31. The van der Waals surface area contributed by atoms with Crippen LogP contribution in [0.1, 0.15) is 16.1 Å². The van der Waals surface area contributed by atoms with Crippen molar-refractivity contribution in [2.24, 2.45) is 11.8 Å². The molecule has 1 aromatic heterocycles. The monoisotopic (exact) mass is 407 g/mol. The lowest BCUT2D eigenvalue weighted by Crippen LogP contribution is -2.35. The molecule has 3 atom stereocenters. The molecule has 0 spiro atoms. The average molecular weight is 408 g/mol. The first-order chi connectivity index (χ1) is 12.9. The molecular weight excluding hydrogens is 386 g/mol. The number of nitrogens with one attached hydrogen (secondary N) is 1. The van der Waals surface area contributed by atoms with Crippen LogP contribution in [0.25, 0.3) is 0 Å². The third kappa shape index (κ3) is 3.64. The number of ether oxygens (including phenoxy) is 1. The molecule has 2 aromatic rings. The lowest BCUT2D eigenvalue weighted by atomic mass is 9.93. The van der Waals surface area contributed by atoms with Crippen molar-refractivity contribution in [2.75, 3.05) is 26.2 Å². The highest BCUT2D eigenvalue weighted by Crippen LogP contribution is 2.36. The van der Waals surface area contributed by atoms with Gasteiger partial charge in [0.1, 0.15) is 5.69 Å². The molecule has 0 radical (unpaired) electrons. The van der Waals surface area contributed by atoms with Crippen molar-refractivity contribution < 1.29 is 17.9 Å². The number of aromatic nitrogens is 1. The van der Waals surface area contributed by atoms with Crippen LogP contribution < -0.4 is 5.32 Å². The van der Waals surface area contributed by atoms with Crippen LogP contribution in [0.4, 0.5) is 0 Å². The lowest BCUT2D eigenvalue weighted by Gasteiger charge is -2.20. The number of nitrogens with zero attached hydrogens (tertiary/aromatic N) is 2. The largest absolute Gasteiger partial charge is 0.376 e. The highest BCUT2D eigenvalue weighted by molar-refractivity contribution is 7.89. The van der Waals surface area contributed by atoms with Gasteiger partial charge in [-0.15, -0.1) is 11.3 Å². The zero-order valence-corrected chi connectivity index (χ0v) is 16.5. The summed E-state index contributed by atoms with van der Waals surface area (Å²) in [6.07, 6.45) is -0.119. The Kier molecular flexibility index (Phi) is 5.02. The molecule has 144 valence electrons. The fourth-order valence-electron chi connectivity index (χ4n) is 3.67. The molecule has 3 heterocycles. The lowest BCUT2D eigenvalue weighted by molar-refractivity contribution is 0.0928. The number of fused-ring (bicyclic) bond motifs is 1. The number of thiazole rings is 1. The average Bonchev–Trinajstić information content (AvgIpc) is 3.37. The fraction of sp³-hybridized carbons (Fsp3) is 0.444. The molecule has 0 aliphatic carbocycles. The summed E-state index contributed by atoms with van der Waals surface area (Å²) in [5.41, 5.74) is 3.05. The fourth-order valence-corrected chi connectivity index (χ4v) is 5.69. The number of carbonyl (C=O) groups is 1. The predicted octanol–water partition coefficient (Wildman–Crippen LogP) is 1.52. The van der Waals surface area contributed by atoms with Gasteiger partial charge in [0.15, 0.2) is 0 Å². The van der Waals surface area contributed by atoms with E-state index < -0.39 is 10.0 Å². The predicted molar refractivity (Wildman–Crippen MR) is 101 cm³/mol. The normalized spacial score (nSPS) is 25.4. The van der Waals surface area contributed by atoms with Gasteiger partial charge in [0.25, 0.3) is 5.91 Å². The summed E-state index contributed by atoms with van der Waals surface area (Å²) >= 11 is 1.37. The van der Waals surface area contributed by atoms with Crippen LogP contribution in [-0.2, 0) is 14.8 Å². The van der Waals surface area contributed by atoms with E-state index in [-0.39, 0.29) is 23.8 Å². The van der Waals surface area contributed by atoms with Crippen LogP contribution >= 0.6 is 11.3 Å². The van der Waals surface area contributed by atoms with Crippen molar-refractivity contribution in [1.82, 2.24) is 14.6 Å². The molecule has 1 aromatic carbocycles. The van der Waals surface area contributed by atoms with Gasteiger partial charge in [-0.3, -0.25) is 4.79 Å². The minimum Gasteiger partial charge on any atom is -0.376 e. The molecule has 2 aliphatic heterocycles. The first kappa shape index (κ1) is 18.5. The van der Waals surface area contributed by atoms with Crippen LogP contribution in [0.15, 0.2) is 40.1 Å². The molecule has 2 aliphatic rings. The Morgan fingerprint density at radius 3 is 2.81 bits per heavy atom. The van der Waals surface area contributed by atoms with E-state index in [4.69, 9.17) is 4.74 Å². The third-order valence-corrected chi connectivity index (χ3v) is 7.69. The summed E-state index contributed by atoms with van der Waals surface area (Å²) in [5.74, 6) is -0.0291. The Balaban J connectivity index is 1.40. The molecule has 2 saturated heterocycles. The van der Waals surface area contributed by atoms with Crippen molar-refractivity contribution in [1.29, 1.82) is 0 Å². The molecule has 2 fully saturated rings. The van der Waals surface area contributed by atoms with Crippen LogP contribution in [0.5, 0.6) is 0 Å². The molecule has 7 nitrogen and oxygen atoms in total. The number of carbonyl (C=O) groups excluding carboxylic acids is 1. The molecule has 0 saturated carbocycles. The number of hydrogen-bond acceptors (Lipinski definition) is 6. The van der Waals surface area contributed by atoms with Crippen LogP contribution in [-0.4, -0.2) is 56.0 Å². The quantitative estimate of drug-likeness (QED) is 0.812. The Bertz CT molecular complexity index is 913. The highest BCUT2D eigenvalue weighted by atomic mass is 32.2. The van der Waals surface area contributed by atoms with E-state index in [0.717, 1.165) is 5.56 Å². The molecule has 0 unspecified atom stereocenters. The molecule has 27 heavy (non-hydrogen) atoms. The van der Waals surface area contributed by atoms with Crippen LogP contribution in [0.3, 0.4) is 0 Å². The number of amides is 1. The molecule has 0 bridgehead atoms. The summed E-state index contributed by atoms with van der Waals surface area (Å²) in [4.78, 5) is 16.4. The van der Waals surface area contributed by atoms with Gasteiger partial charge in [-0.2, -0.15) is 4.31 Å². The van der Waals surface area contributed by atoms with E-state index in [1.54, 1.807) is 35.2 Å². The number of sulfonamides is 1. The summed E-state index contributed by atoms with van der Waals surface area (Å²) < 4.78 is 33.1. The van der Waals surface area contributed by atoms with Gasteiger partial charge in [-0.05, 0) is 19.1 Å². The zero-order chi connectivity index (χ0) is 19.0. The van der Waals surface area contributed by atoms with Gasteiger partial charge in [0.2, 0.25) is 10.0 Å². The van der Waals surface area contributed by atoms with Crippen LogP contribution in [0.2, 0.25) is 0 Å². The van der Waals surface area contributed by atoms with E-state index in [0.29, 0.717) is 36.8 Å². The Morgan fingerprint density at radius 1 is 1.33 bits per heavy atom. The minimum atomic E-state index is -3.53. The number of aryl methyl sites for hydroxylation is 1. The summed E-state index contributed by atoms with van der Waals surface area (Å²) in [5, 5.41) is 4.59. The second-order valence-electron chi connectivity index (χ2n) is 7.01. The molecule has 9 heteroatoms. The van der Waals surface area contributed by atoms with Crippen molar-refractivity contribution in [3.8, 4) is 0 Å². The maximum absolute atomic E-state index is 12.9. The maximum Gasteiger partial charge on any atom is 0.270 e. The summed E-state index contributed by atoms with van der Waals surface area (Å²) in [6, 6.07) is 6.89. The number of benzene rings is 1. The van der Waals surface area contributed by atoms with Gasteiger partial charge in [-0.1, -0.05) is 17.7 Å². The van der Waals surface area contributed by atoms with Crippen LogP contribution in [0, 0.1) is 18.8 Å². The minimum absolute atomic E-state index is 0.0842. The Hall–Kier alpha value is -1.81. The number of hydrogen-bond donors (Lipinski definition) is 1. The van der Waals surface area contributed by atoms with E-state index in [1.165, 1.54) is 15.6 Å². The van der Waals surface area contributed by atoms with E-state index in [1.807, 2.05) is 6.92 Å². The first-order valence-corrected chi connectivity index (χ1v) is 11.2. The van der Waals surface area contributed by atoms with E-state index in [9.17, 15) is 13.2 Å². The smallest absolute Gasteiger partial charge is 0.270 e. The molecule has 4 rings (SSSR count). The maximum atomic E-state index is 12.9.